The SMILES string of the molecule is CCC(CC)OC1=CCC(S(=O)(=O)N2CCC(c3cn(CC(=O)O)c4ccc(Cl)cc34)C2)C=C1. The zero-order chi connectivity index (χ0) is 24.5. The van der Waals surface area contributed by atoms with Crippen molar-refractivity contribution in [2.24, 2.45) is 0 Å². The van der Waals surface area contributed by atoms with E-state index in [1.165, 1.54) is 0 Å². The zero-order valence-electron chi connectivity index (χ0n) is 19.5. The largest absolute Gasteiger partial charge is 0.491 e. The molecule has 0 radical (unpaired) electrons. The number of carboxylic acid groups (broad SMARTS) is 1. The fourth-order valence-corrected chi connectivity index (χ4v) is 6.76. The molecular weight excluding hydrogens is 476 g/mol. The van der Waals surface area contributed by atoms with Crippen molar-refractivity contribution in [1.82, 2.24) is 8.87 Å². The summed E-state index contributed by atoms with van der Waals surface area (Å²) in [5, 5.41) is 10.1. The number of aromatic nitrogens is 1. The Balaban J connectivity index is 1.50. The van der Waals surface area contributed by atoms with Gasteiger partial charge in [0.05, 0.1) is 11.4 Å². The molecule has 1 aliphatic carbocycles. The first-order chi connectivity index (χ1) is 16.2. The molecule has 1 saturated heterocycles. The summed E-state index contributed by atoms with van der Waals surface area (Å²) in [6.07, 6.45) is 10.2. The number of aliphatic carboxylic acids is 1. The molecule has 4 rings (SSSR count). The molecule has 9 heteroatoms. The molecule has 1 aromatic heterocycles. The van der Waals surface area contributed by atoms with Crippen molar-refractivity contribution in [2.45, 2.75) is 63.3 Å². The number of nitrogens with zero attached hydrogens (tertiary/aromatic N) is 2. The standard InChI is InChI=1S/C25H31ClN2O5S/c1-3-19(4-2)33-20-6-8-21(9-7-20)34(31,32)28-12-11-17(14-28)23-15-27(16-25(29)30)24-10-5-18(26)13-22(23)24/h5-8,10,13,15,17,19,21H,3-4,9,11-12,14,16H2,1-2H3,(H,29,30). The quantitative estimate of drug-likeness (QED) is 0.521. The maximum Gasteiger partial charge on any atom is 0.323 e. The fourth-order valence-electron chi connectivity index (χ4n) is 4.84. The van der Waals surface area contributed by atoms with E-state index in [0.717, 1.165) is 35.1 Å². The Morgan fingerprint density at radius 2 is 2.06 bits per heavy atom. The lowest BCUT2D eigenvalue weighted by Gasteiger charge is -2.24. The molecule has 0 amide bonds. The summed E-state index contributed by atoms with van der Waals surface area (Å²) >= 11 is 6.22. The molecule has 7 nitrogen and oxygen atoms in total. The molecule has 1 N–H and O–H groups in total. The highest BCUT2D eigenvalue weighted by atomic mass is 35.5. The Hall–Kier alpha value is -2.29. The first-order valence-corrected chi connectivity index (χ1v) is 13.6. The van der Waals surface area contributed by atoms with E-state index in [4.69, 9.17) is 16.3 Å². The number of fused-ring (bicyclic) bond motifs is 1. The highest BCUT2D eigenvalue weighted by Crippen LogP contribution is 2.37. The number of halogens is 1. The average Bonchev–Trinajstić information content (AvgIpc) is 3.43. The lowest BCUT2D eigenvalue weighted by Crippen LogP contribution is -2.36. The van der Waals surface area contributed by atoms with Crippen LogP contribution in [-0.2, 0) is 26.1 Å². The van der Waals surface area contributed by atoms with Crippen LogP contribution in [0.1, 0.15) is 51.0 Å². The van der Waals surface area contributed by atoms with Crippen molar-refractivity contribution >= 4 is 38.5 Å². The molecule has 1 fully saturated rings. The van der Waals surface area contributed by atoms with Gasteiger partial charge in [-0.1, -0.05) is 31.5 Å². The maximum atomic E-state index is 13.4. The second-order valence-corrected chi connectivity index (χ2v) is 11.5. The van der Waals surface area contributed by atoms with Gasteiger partial charge in [-0.05, 0) is 61.6 Å². The van der Waals surface area contributed by atoms with Crippen LogP contribution in [-0.4, -0.2) is 52.8 Å². The van der Waals surface area contributed by atoms with E-state index in [1.54, 1.807) is 27.1 Å². The molecule has 184 valence electrons. The summed E-state index contributed by atoms with van der Waals surface area (Å²) < 4.78 is 36.0. The van der Waals surface area contributed by atoms with E-state index in [-0.39, 0.29) is 18.6 Å². The van der Waals surface area contributed by atoms with Gasteiger partial charge in [-0.2, -0.15) is 0 Å². The van der Waals surface area contributed by atoms with Crippen LogP contribution in [0.5, 0.6) is 0 Å². The van der Waals surface area contributed by atoms with Crippen molar-refractivity contribution in [2.75, 3.05) is 13.1 Å². The minimum atomic E-state index is -3.52. The fraction of sp³-hybridized carbons (Fsp3) is 0.480. The van der Waals surface area contributed by atoms with Crippen LogP contribution in [0.3, 0.4) is 0 Å². The van der Waals surface area contributed by atoms with Gasteiger partial charge in [0.25, 0.3) is 0 Å². The third-order valence-corrected chi connectivity index (χ3v) is 9.15. The van der Waals surface area contributed by atoms with Gasteiger partial charge in [-0.3, -0.25) is 4.79 Å². The van der Waals surface area contributed by atoms with Crippen molar-refractivity contribution in [3.8, 4) is 0 Å². The number of allylic oxidation sites excluding steroid dienone is 2. The molecule has 1 aromatic carbocycles. The molecule has 0 bridgehead atoms. The molecule has 2 aromatic rings. The molecule has 2 unspecified atom stereocenters. The van der Waals surface area contributed by atoms with Gasteiger partial charge in [0, 0.05) is 41.1 Å². The number of sulfonamides is 1. The predicted molar refractivity (Wildman–Crippen MR) is 134 cm³/mol. The Labute approximate surface area is 205 Å². The van der Waals surface area contributed by atoms with Crippen LogP contribution in [0.15, 0.2) is 48.4 Å². The van der Waals surface area contributed by atoms with E-state index in [0.29, 0.717) is 31.0 Å². The van der Waals surface area contributed by atoms with Gasteiger partial charge in [0.1, 0.15) is 12.3 Å². The van der Waals surface area contributed by atoms with Gasteiger partial charge < -0.3 is 14.4 Å². The third-order valence-electron chi connectivity index (χ3n) is 6.75. The minimum absolute atomic E-state index is 0.0253. The summed E-state index contributed by atoms with van der Waals surface area (Å²) in [6, 6.07) is 5.38. The number of carboxylic acids is 1. The number of carbonyl (C=O) groups is 1. The van der Waals surface area contributed by atoms with E-state index in [9.17, 15) is 18.3 Å². The van der Waals surface area contributed by atoms with Gasteiger partial charge in [0.2, 0.25) is 10.0 Å². The summed E-state index contributed by atoms with van der Waals surface area (Å²) in [5.74, 6) is -0.219. The molecule has 0 spiro atoms. The lowest BCUT2D eigenvalue weighted by molar-refractivity contribution is -0.137. The monoisotopic (exact) mass is 506 g/mol. The topological polar surface area (TPSA) is 88.8 Å². The van der Waals surface area contributed by atoms with Gasteiger partial charge in [-0.25, -0.2) is 12.7 Å². The van der Waals surface area contributed by atoms with Gasteiger partial charge in [0.15, 0.2) is 0 Å². The third kappa shape index (κ3) is 5.04. The average molecular weight is 507 g/mol. The van der Waals surface area contributed by atoms with E-state index in [2.05, 4.69) is 13.8 Å². The second-order valence-electron chi connectivity index (χ2n) is 8.95. The smallest absolute Gasteiger partial charge is 0.323 e. The Kier molecular flexibility index (Phi) is 7.40. The number of ether oxygens (including phenoxy) is 1. The first kappa shape index (κ1) is 24.8. The summed E-state index contributed by atoms with van der Waals surface area (Å²) in [5.41, 5.74) is 1.73. The Morgan fingerprint density at radius 1 is 1.29 bits per heavy atom. The van der Waals surface area contributed by atoms with Crippen molar-refractivity contribution in [1.29, 1.82) is 0 Å². The zero-order valence-corrected chi connectivity index (χ0v) is 21.1. The number of hydrogen-bond donors (Lipinski definition) is 1. The number of rotatable bonds is 9. The highest BCUT2D eigenvalue weighted by Gasteiger charge is 2.37. The summed E-state index contributed by atoms with van der Waals surface area (Å²) in [4.78, 5) is 11.3. The molecule has 2 atom stereocenters. The maximum absolute atomic E-state index is 13.4. The van der Waals surface area contributed by atoms with E-state index < -0.39 is 21.2 Å². The lowest BCUT2D eigenvalue weighted by atomic mass is 9.98. The minimum Gasteiger partial charge on any atom is -0.491 e. The van der Waals surface area contributed by atoms with Crippen molar-refractivity contribution in [3.63, 3.8) is 0 Å². The van der Waals surface area contributed by atoms with E-state index in [1.807, 2.05) is 24.4 Å². The molecular formula is C25H31ClN2O5S. The molecule has 1 aliphatic heterocycles. The van der Waals surface area contributed by atoms with Crippen LogP contribution in [0, 0.1) is 0 Å². The summed E-state index contributed by atoms with van der Waals surface area (Å²) in [7, 11) is -3.52. The van der Waals surface area contributed by atoms with Crippen molar-refractivity contribution in [3.05, 3.63) is 59.0 Å². The number of benzene rings is 1. The van der Waals surface area contributed by atoms with Gasteiger partial charge >= 0.3 is 5.97 Å². The number of hydrogen-bond acceptors (Lipinski definition) is 4. The normalized spacial score (nSPS) is 21.4. The van der Waals surface area contributed by atoms with Crippen LogP contribution in [0.2, 0.25) is 5.02 Å². The van der Waals surface area contributed by atoms with Crippen LogP contribution in [0.25, 0.3) is 10.9 Å². The van der Waals surface area contributed by atoms with Crippen LogP contribution < -0.4 is 0 Å². The molecule has 34 heavy (non-hydrogen) atoms. The molecule has 2 aliphatic rings. The van der Waals surface area contributed by atoms with Crippen LogP contribution >= 0.6 is 11.6 Å². The van der Waals surface area contributed by atoms with Crippen molar-refractivity contribution < 1.29 is 23.1 Å². The predicted octanol–water partition coefficient (Wildman–Crippen LogP) is 4.92. The Morgan fingerprint density at radius 3 is 2.71 bits per heavy atom. The van der Waals surface area contributed by atoms with E-state index >= 15 is 0 Å². The molecule has 2 heterocycles. The molecule has 0 saturated carbocycles. The Bertz CT molecular complexity index is 1230. The summed E-state index contributed by atoms with van der Waals surface area (Å²) in [6.45, 7) is 4.79. The van der Waals surface area contributed by atoms with Gasteiger partial charge in [-0.15, -0.1) is 0 Å². The first-order valence-electron chi connectivity index (χ1n) is 11.8. The second kappa shape index (κ2) is 10.1. The van der Waals surface area contributed by atoms with Crippen LogP contribution in [0.4, 0.5) is 0 Å². The highest BCUT2D eigenvalue weighted by molar-refractivity contribution is 7.89.